The van der Waals surface area contributed by atoms with Gasteiger partial charge >= 0.3 is 0 Å². The van der Waals surface area contributed by atoms with Crippen molar-refractivity contribution in [3.8, 4) is 0 Å². The van der Waals surface area contributed by atoms with E-state index in [0.29, 0.717) is 5.95 Å². The third kappa shape index (κ3) is 3.09. The van der Waals surface area contributed by atoms with Gasteiger partial charge in [0.2, 0.25) is 5.95 Å². The SMILES string of the molecule is CCNc1ncc(Br)c(NC2(C)CCCC2)n1. The van der Waals surface area contributed by atoms with Crippen molar-refractivity contribution in [3.63, 3.8) is 0 Å². The van der Waals surface area contributed by atoms with E-state index in [1.807, 2.05) is 6.92 Å². The molecule has 0 saturated heterocycles. The molecule has 2 rings (SSSR count). The van der Waals surface area contributed by atoms with Crippen molar-refractivity contribution in [1.82, 2.24) is 9.97 Å². The van der Waals surface area contributed by atoms with Gasteiger partial charge in [-0.1, -0.05) is 12.8 Å². The van der Waals surface area contributed by atoms with Crippen molar-refractivity contribution < 1.29 is 0 Å². The molecular weight excluding hydrogens is 280 g/mol. The van der Waals surface area contributed by atoms with E-state index in [0.717, 1.165) is 16.8 Å². The van der Waals surface area contributed by atoms with Crippen LogP contribution in [0.1, 0.15) is 39.5 Å². The van der Waals surface area contributed by atoms with Crippen LogP contribution >= 0.6 is 15.9 Å². The van der Waals surface area contributed by atoms with E-state index < -0.39 is 0 Å². The lowest BCUT2D eigenvalue weighted by atomic mass is 10.0. The summed E-state index contributed by atoms with van der Waals surface area (Å²) in [5, 5.41) is 6.68. The Labute approximate surface area is 111 Å². The zero-order chi connectivity index (χ0) is 12.3. The molecule has 1 saturated carbocycles. The summed E-state index contributed by atoms with van der Waals surface area (Å²) in [7, 11) is 0. The van der Waals surface area contributed by atoms with E-state index in [9.17, 15) is 0 Å². The summed E-state index contributed by atoms with van der Waals surface area (Å²) < 4.78 is 0.923. The standard InChI is InChI=1S/C12H19BrN4/c1-3-14-11-15-8-9(13)10(16-11)17-12(2)6-4-5-7-12/h8H,3-7H2,1-2H3,(H2,14,15,16,17). The highest BCUT2D eigenvalue weighted by molar-refractivity contribution is 9.10. The van der Waals surface area contributed by atoms with E-state index >= 15 is 0 Å². The average molecular weight is 299 g/mol. The maximum absolute atomic E-state index is 4.49. The first-order valence-electron chi connectivity index (χ1n) is 6.17. The Morgan fingerprint density at radius 3 is 2.76 bits per heavy atom. The van der Waals surface area contributed by atoms with Crippen molar-refractivity contribution in [2.45, 2.75) is 45.1 Å². The van der Waals surface area contributed by atoms with Gasteiger partial charge in [0.25, 0.3) is 0 Å². The number of aromatic nitrogens is 2. The summed E-state index contributed by atoms with van der Waals surface area (Å²) in [5.74, 6) is 1.57. The number of hydrogen-bond acceptors (Lipinski definition) is 4. The highest BCUT2D eigenvalue weighted by atomic mass is 79.9. The highest BCUT2D eigenvalue weighted by Gasteiger charge is 2.29. The first-order chi connectivity index (χ1) is 8.13. The van der Waals surface area contributed by atoms with E-state index in [1.54, 1.807) is 6.20 Å². The molecule has 0 aromatic carbocycles. The fraction of sp³-hybridized carbons (Fsp3) is 0.667. The van der Waals surface area contributed by atoms with Gasteiger partial charge in [-0.25, -0.2) is 4.98 Å². The largest absolute Gasteiger partial charge is 0.364 e. The van der Waals surface area contributed by atoms with Crippen molar-refractivity contribution >= 4 is 27.7 Å². The molecular formula is C12H19BrN4. The molecule has 0 spiro atoms. The molecule has 1 heterocycles. The van der Waals surface area contributed by atoms with Crippen molar-refractivity contribution in [2.24, 2.45) is 0 Å². The van der Waals surface area contributed by atoms with Gasteiger partial charge < -0.3 is 10.6 Å². The minimum atomic E-state index is 0.181. The summed E-state index contributed by atoms with van der Waals surface area (Å²) in [6, 6.07) is 0. The number of nitrogens with zero attached hydrogens (tertiary/aromatic N) is 2. The number of anilines is 2. The van der Waals surface area contributed by atoms with Crippen LogP contribution in [0.15, 0.2) is 10.7 Å². The topological polar surface area (TPSA) is 49.8 Å². The zero-order valence-corrected chi connectivity index (χ0v) is 12.0. The minimum Gasteiger partial charge on any atom is -0.364 e. The summed E-state index contributed by atoms with van der Waals surface area (Å²) in [6.07, 6.45) is 6.81. The van der Waals surface area contributed by atoms with E-state index in [1.165, 1.54) is 25.7 Å². The van der Waals surface area contributed by atoms with Crippen LogP contribution in [0.5, 0.6) is 0 Å². The van der Waals surface area contributed by atoms with Gasteiger partial charge in [0, 0.05) is 18.3 Å². The molecule has 0 amide bonds. The molecule has 1 fully saturated rings. The van der Waals surface area contributed by atoms with Crippen LogP contribution in [0.2, 0.25) is 0 Å². The summed E-state index contributed by atoms with van der Waals surface area (Å²) >= 11 is 3.50. The Hall–Kier alpha value is -0.840. The van der Waals surface area contributed by atoms with Crippen LogP contribution in [0.3, 0.4) is 0 Å². The first-order valence-corrected chi connectivity index (χ1v) is 6.97. The number of rotatable bonds is 4. The lowest BCUT2D eigenvalue weighted by Gasteiger charge is -2.26. The molecule has 1 aromatic rings. The fourth-order valence-electron chi connectivity index (χ4n) is 2.26. The van der Waals surface area contributed by atoms with Gasteiger partial charge in [-0.3, -0.25) is 0 Å². The molecule has 17 heavy (non-hydrogen) atoms. The number of hydrogen-bond donors (Lipinski definition) is 2. The molecule has 94 valence electrons. The molecule has 1 aliphatic carbocycles. The first kappa shape index (κ1) is 12.6. The zero-order valence-electron chi connectivity index (χ0n) is 10.4. The second-order valence-corrected chi connectivity index (χ2v) is 5.67. The van der Waals surface area contributed by atoms with Crippen molar-refractivity contribution in [1.29, 1.82) is 0 Å². The Morgan fingerprint density at radius 2 is 2.12 bits per heavy atom. The van der Waals surface area contributed by atoms with Gasteiger partial charge in [0.15, 0.2) is 0 Å². The predicted octanol–water partition coefficient (Wildman–Crippen LogP) is 3.42. The molecule has 4 nitrogen and oxygen atoms in total. The van der Waals surface area contributed by atoms with Crippen LogP contribution < -0.4 is 10.6 Å². The molecule has 2 N–H and O–H groups in total. The molecule has 0 aliphatic heterocycles. The number of halogens is 1. The summed E-state index contributed by atoms with van der Waals surface area (Å²) in [5.41, 5.74) is 0.181. The number of nitrogens with one attached hydrogen (secondary N) is 2. The second kappa shape index (κ2) is 5.21. The molecule has 0 unspecified atom stereocenters. The third-order valence-electron chi connectivity index (χ3n) is 3.21. The van der Waals surface area contributed by atoms with E-state index in [-0.39, 0.29) is 5.54 Å². The molecule has 0 radical (unpaired) electrons. The van der Waals surface area contributed by atoms with E-state index in [4.69, 9.17) is 0 Å². The van der Waals surface area contributed by atoms with Crippen LogP contribution in [0.25, 0.3) is 0 Å². The van der Waals surface area contributed by atoms with Crippen molar-refractivity contribution in [3.05, 3.63) is 10.7 Å². The Morgan fingerprint density at radius 1 is 1.41 bits per heavy atom. The van der Waals surface area contributed by atoms with Gasteiger partial charge in [-0.2, -0.15) is 4.98 Å². The highest BCUT2D eigenvalue weighted by Crippen LogP contribution is 2.34. The lowest BCUT2D eigenvalue weighted by Crippen LogP contribution is -2.31. The summed E-state index contributed by atoms with van der Waals surface area (Å²) in [6.45, 7) is 5.14. The molecule has 0 bridgehead atoms. The third-order valence-corrected chi connectivity index (χ3v) is 3.79. The van der Waals surface area contributed by atoms with Crippen LogP contribution in [0, 0.1) is 0 Å². The molecule has 1 aromatic heterocycles. The Kier molecular flexibility index (Phi) is 3.86. The van der Waals surface area contributed by atoms with Gasteiger partial charge in [0.1, 0.15) is 5.82 Å². The monoisotopic (exact) mass is 298 g/mol. The van der Waals surface area contributed by atoms with Crippen LogP contribution in [-0.4, -0.2) is 22.1 Å². The Bertz CT molecular complexity index is 388. The lowest BCUT2D eigenvalue weighted by molar-refractivity contribution is 0.530. The predicted molar refractivity (Wildman–Crippen MR) is 74.4 cm³/mol. The van der Waals surface area contributed by atoms with E-state index in [2.05, 4.69) is 43.5 Å². The fourth-order valence-corrected chi connectivity index (χ4v) is 2.55. The van der Waals surface area contributed by atoms with Crippen LogP contribution in [0.4, 0.5) is 11.8 Å². The minimum absolute atomic E-state index is 0.181. The molecule has 1 aliphatic rings. The van der Waals surface area contributed by atoms with Gasteiger partial charge in [0.05, 0.1) is 4.47 Å². The quantitative estimate of drug-likeness (QED) is 0.894. The molecule has 5 heteroatoms. The van der Waals surface area contributed by atoms with Crippen molar-refractivity contribution in [2.75, 3.05) is 17.2 Å². The average Bonchev–Trinajstić information content (AvgIpc) is 2.70. The van der Waals surface area contributed by atoms with Crippen LogP contribution in [-0.2, 0) is 0 Å². The maximum atomic E-state index is 4.49. The summed E-state index contributed by atoms with van der Waals surface area (Å²) in [4.78, 5) is 8.71. The second-order valence-electron chi connectivity index (χ2n) is 4.81. The molecule has 0 atom stereocenters. The normalized spacial score (nSPS) is 18.1. The Balaban J connectivity index is 2.16. The smallest absolute Gasteiger partial charge is 0.224 e. The van der Waals surface area contributed by atoms with Gasteiger partial charge in [-0.05, 0) is 42.6 Å². The van der Waals surface area contributed by atoms with Gasteiger partial charge in [-0.15, -0.1) is 0 Å². The maximum Gasteiger partial charge on any atom is 0.224 e.